The maximum atomic E-state index is 12.7. The first-order chi connectivity index (χ1) is 15.1. The van der Waals surface area contributed by atoms with Crippen molar-refractivity contribution in [2.45, 2.75) is 6.42 Å². The lowest BCUT2D eigenvalue weighted by molar-refractivity contribution is 0.103. The average molecular weight is 437 g/mol. The van der Waals surface area contributed by atoms with E-state index < -0.39 is 6.09 Å². The molecule has 31 heavy (non-hydrogen) atoms. The fourth-order valence-electron chi connectivity index (χ4n) is 3.39. The van der Waals surface area contributed by atoms with Crippen LogP contribution in [0.5, 0.6) is 5.75 Å². The van der Waals surface area contributed by atoms with Gasteiger partial charge < -0.3 is 14.5 Å². The Hall–Kier alpha value is -3.45. The van der Waals surface area contributed by atoms with Gasteiger partial charge in [0, 0.05) is 44.1 Å². The first-order valence-corrected chi connectivity index (χ1v) is 10.4. The van der Waals surface area contributed by atoms with Gasteiger partial charge in [-0.3, -0.25) is 9.78 Å². The number of rotatable bonds is 4. The zero-order valence-electron chi connectivity index (χ0n) is 16.8. The summed E-state index contributed by atoms with van der Waals surface area (Å²) in [5.74, 6) is 0.879. The van der Waals surface area contributed by atoms with Gasteiger partial charge in [0.15, 0.2) is 5.75 Å². The Balaban J connectivity index is 1.42. The summed E-state index contributed by atoms with van der Waals surface area (Å²) >= 11 is 6.08. The smallest absolute Gasteiger partial charge is 0.409 e. The molecule has 4 rings (SSSR count). The summed E-state index contributed by atoms with van der Waals surface area (Å²) in [5, 5.41) is 0.395. The van der Waals surface area contributed by atoms with Crippen molar-refractivity contribution in [3.63, 3.8) is 0 Å². The molecule has 3 aromatic rings. The molecule has 158 valence electrons. The Bertz CT molecular complexity index is 1080. The molecule has 0 N–H and O–H groups in total. The highest BCUT2D eigenvalue weighted by Gasteiger charge is 2.22. The minimum atomic E-state index is -0.427. The highest BCUT2D eigenvalue weighted by atomic mass is 35.5. The van der Waals surface area contributed by atoms with Gasteiger partial charge in [0.05, 0.1) is 5.02 Å². The van der Waals surface area contributed by atoms with Crippen LogP contribution in [0.1, 0.15) is 22.5 Å². The van der Waals surface area contributed by atoms with E-state index in [0.717, 1.165) is 6.42 Å². The molecule has 0 aliphatic carbocycles. The lowest BCUT2D eigenvalue weighted by atomic mass is 10.1. The third-order valence-corrected chi connectivity index (χ3v) is 5.32. The predicted octanol–water partition coefficient (Wildman–Crippen LogP) is 4.07. The van der Waals surface area contributed by atoms with Crippen LogP contribution in [0.3, 0.4) is 0 Å². The predicted molar refractivity (Wildman–Crippen MR) is 118 cm³/mol. The monoisotopic (exact) mass is 436 g/mol. The number of benzene rings is 1. The van der Waals surface area contributed by atoms with Crippen molar-refractivity contribution in [2.75, 3.05) is 31.1 Å². The van der Waals surface area contributed by atoms with E-state index >= 15 is 0 Å². The molecule has 2 aromatic heterocycles. The fourth-order valence-corrected chi connectivity index (χ4v) is 3.56. The number of nitrogens with zero attached hydrogens (tertiary/aromatic N) is 4. The Kier molecular flexibility index (Phi) is 6.43. The third kappa shape index (κ3) is 5.00. The third-order valence-electron chi connectivity index (χ3n) is 5.00. The van der Waals surface area contributed by atoms with E-state index in [1.807, 2.05) is 12.1 Å². The maximum Gasteiger partial charge on any atom is 0.415 e. The SMILES string of the molecule is O=C(c1cccnc1)c1cccc(N2CCCN(C(=O)Oc3ccccc3Cl)CC2)n1. The summed E-state index contributed by atoms with van der Waals surface area (Å²) in [6.07, 6.45) is 3.48. The minimum absolute atomic E-state index is 0.172. The number of amides is 1. The second-order valence-corrected chi connectivity index (χ2v) is 7.49. The van der Waals surface area contributed by atoms with Gasteiger partial charge in [-0.15, -0.1) is 0 Å². The van der Waals surface area contributed by atoms with Crippen LogP contribution in [-0.2, 0) is 0 Å². The molecular formula is C23H21ClN4O3. The van der Waals surface area contributed by atoms with Crippen LogP contribution in [0.2, 0.25) is 5.02 Å². The molecule has 1 aliphatic rings. The number of anilines is 1. The number of ketones is 1. The number of para-hydroxylation sites is 1. The molecule has 1 saturated heterocycles. The van der Waals surface area contributed by atoms with E-state index in [-0.39, 0.29) is 5.78 Å². The van der Waals surface area contributed by atoms with Crippen LogP contribution in [0.4, 0.5) is 10.6 Å². The molecule has 8 heteroatoms. The van der Waals surface area contributed by atoms with Crippen molar-refractivity contribution in [3.8, 4) is 5.75 Å². The molecule has 7 nitrogen and oxygen atoms in total. The Morgan fingerprint density at radius 3 is 2.61 bits per heavy atom. The van der Waals surface area contributed by atoms with Gasteiger partial charge in [-0.2, -0.15) is 0 Å². The van der Waals surface area contributed by atoms with E-state index in [2.05, 4.69) is 14.9 Å². The van der Waals surface area contributed by atoms with Gasteiger partial charge in [-0.05, 0) is 42.8 Å². The minimum Gasteiger partial charge on any atom is -0.409 e. The summed E-state index contributed by atoms with van der Waals surface area (Å²) in [7, 11) is 0. The first-order valence-electron chi connectivity index (χ1n) is 10.00. The lowest BCUT2D eigenvalue weighted by Crippen LogP contribution is -2.37. The molecule has 0 atom stereocenters. The molecule has 0 unspecified atom stereocenters. The highest BCUT2D eigenvalue weighted by Crippen LogP contribution is 2.24. The molecule has 0 bridgehead atoms. The Morgan fingerprint density at radius 1 is 0.935 bits per heavy atom. The molecule has 1 aromatic carbocycles. The summed E-state index contributed by atoms with van der Waals surface area (Å²) in [6, 6.07) is 15.7. The topological polar surface area (TPSA) is 75.6 Å². The van der Waals surface area contributed by atoms with Crippen LogP contribution >= 0.6 is 11.6 Å². The van der Waals surface area contributed by atoms with Crippen molar-refractivity contribution < 1.29 is 14.3 Å². The Labute approximate surface area is 185 Å². The molecule has 1 aliphatic heterocycles. The summed E-state index contributed by atoms with van der Waals surface area (Å²) in [4.78, 5) is 37.6. The van der Waals surface area contributed by atoms with Gasteiger partial charge in [-0.25, -0.2) is 9.78 Å². The van der Waals surface area contributed by atoms with E-state index in [0.29, 0.717) is 54.0 Å². The van der Waals surface area contributed by atoms with Crippen molar-refractivity contribution in [1.29, 1.82) is 0 Å². The van der Waals surface area contributed by atoms with Gasteiger partial charge >= 0.3 is 6.09 Å². The van der Waals surface area contributed by atoms with Crippen molar-refractivity contribution in [1.82, 2.24) is 14.9 Å². The molecular weight excluding hydrogens is 416 g/mol. The second kappa shape index (κ2) is 9.57. The average Bonchev–Trinajstić information content (AvgIpc) is 3.07. The van der Waals surface area contributed by atoms with E-state index in [1.54, 1.807) is 53.6 Å². The van der Waals surface area contributed by atoms with Gasteiger partial charge in [-0.1, -0.05) is 29.8 Å². The van der Waals surface area contributed by atoms with Gasteiger partial charge in [0.1, 0.15) is 11.5 Å². The molecule has 3 heterocycles. The van der Waals surface area contributed by atoms with Crippen LogP contribution in [-0.4, -0.2) is 52.9 Å². The van der Waals surface area contributed by atoms with Gasteiger partial charge in [0.2, 0.25) is 5.78 Å². The standard InChI is InChI=1S/C23H21ClN4O3/c24-18-7-1-2-9-20(18)31-23(30)28-13-5-12-27(14-15-28)21-10-3-8-19(26-21)22(29)17-6-4-11-25-16-17/h1-4,6-11,16H,5,12-15H2. The molecule has 1 fully saturated rings. The second-order valence-electron chi connectivity index (χ2n) is 7.08. The van der Waals surface area contributed by atoms with E-state index in [4.69, 9.17) is 16.3 Å². The fraction of sp³-hybridized carbons (Fsp3) is 0.217. The number of aromatic nitrogens is 2. The highest BCUT2D eigenvalue weighted by molar-refractivity contribution is 6.32. The number of halogens is 1. The molecule has 0 saturated carbocycles. The van der Waals surface area contributed by atoms with Crippen molar-refractivity contribution in [3.05, 3.63) is 83.3 Å². The number of hydrogen-bond acceptors (Lipinski definition) is 6. The van der Waals surface area contributed by atoms with Gasteiger partial charge in [0.25, 0.3) is 0 Å². The Morgan fingerprint density at radius 2 is 1.81 bits per heavy atom. The van der Waals surface area contributed by atoms with Crippen LogP contribution in [0.25, 0.3) is 0 Å². The number of pyridine rings is 2. The van der Waals surface area contributed by atoms with Crippen molar-refractivity contribution in [2.24, 2.45) is 0 Å². The first kappa shape index (κ1) is 20.8. The number of carbonyl (C=O) groups is 2. The zero-order chi connectivity index (χ0) is 21.6. The van der Waals surface area contributed by atoms with Crippen LogP contribution in [0.15, 0.2) is 67.0 Å². The largest absolute Gasteiger partial charge is 0.415 e. The summed E-state index contributed by atoms with van der Waals surface area (Å²) in [5.41, 5.74) is 0.862. The summed E-state index contributed by atoms with van der Waals surface area (Å²) in [6.45, 7) is 2.34. The zero-order valence-corrected chi connectivity index (χ0v) is 17.5. The number of carbonyl (C=O) groups excluding carboxylic acids is 2. The number of hydrogen-bond donors (Lipinski definition) is 0. The van der Waals surface area contributed by atoms with E-state index in [9.17, 15) is 9.59 Å². The maximum absolute atomic E-state index is 12.7. The van der Waals surface area contributed by atoms with Crippen LogP contribution < -0.4 is 9.64 Å². The van der Waals surface area contributed by atoms with Crippen LogP contribution in [0, 0.1) is 0 Å². The quantitative estimate of drug-likeness (QED) is 0.574. The normalized spacial score (nSPS) is 14.1. The summed E-state index contributed by atoms with van der Waals surface area (Å²) < 4.78 is 5.45. The van der Waals surface area contributed by atoms with E-state index in [1.165, 1.54) is 6.20 Å². The molecule has 0 radical (unpaired) electrons. The molecule has 1 amide bonds. The lowest BCUT2D eigenvalue weighted by Gasteiger charge is -2.23. The number of ether oxygens (including phenoxy) is 1. The molecule has 0 spiro atoms. The van der Waals surface area contributed by atoms with Crippen molar-refractivity contribution >= 4 is 29.3 Å².